The van der Waals surface area contributed by atoms with Crippen molar-refractivity contribution in [2.24, 2.45) is 4.99 Å². The predicted octanol–water partition coefficient (Wildman–Crippen LogP) is 3.86. The molecule has 0 fully saturated rings. The minimum absolute atomic E-state index is 0.0271. The van der Waals surface area contributed by atoms with Crippen LogP contribution in [0.25, 0.3) is 0 Å². The van der Waals surface area contributed by atoms with Crippen molar-refractivity contribution >= 4 is 27.7 Å². The van der Waals surface area contributed by atoms with Crippen molar-refractivity contribution < 1.29 is 4.79 Å². The van der Waals surface area contributed by atoms with Gasteiger partial charge >= 0.3 is 0 Å². The molecule has 112 valence electrons. The van der Waals surface area contributed by atoms with Crippen LogP contribution >= 0.6 is 15.9 Å². The third-order valence-corrected chi connectivity index (χ3v) is 3.16. The lowest BCUT2D eigenvalue weighted by Gasteiger charge is -2.24. The van der Waals surface area contributed by atoms with Crippen molar-refractivity contribution in [2.75, 3.05) is 0 Å². The highest BCUT2D eigenvalue weighted by molar-refractivity contribution is 9.10. The first kappa shape index (κ1) is 17.5. The highest BCUT2D eigenvalue weighted by Gasteiger charge is 2.18. The van der Waals surface area contributed by atoms with Crippen LogP contribution in [0.5, 0.6) is 0 Å². The van der Waals surface area contributed by atoms with Crippen molar-refractivity contribution in [1.82, 2.24) is 4.90 Å². The SMILES string of the molecule is CC(=O)N(C(C#Cc1ccc(Br)cc1)=NC(C)C)C(C)C. The number of amides is 1. The number of carbonyl (C=O) groups is 1. The molecule has 1 aromatic rings. The molecular formula is C17H21BrN2O. The van der Waals surface area contributed by atoms with Crippen molar-refractivity contribution in [1.29, 1.82) is 0 Å². The van der Waals surface area contributed by atoms with E-state index in [4.69, 9.17) is 0 Å². The van der Waals surface area contributed by atoms with Gasteiger partial charge in [0.25, 0.3) is 0 Å². The second-order valence-electron chi connectivity index (χ2n) is 5.29. The van der Waals surface area contributed by atoms with E-state index in [2.05, 4.69) is 32.8 Å². The third-order valence-electron chi connectivity index (χ3n) is 2.63. The summed E-state index contributed by atoms with van der Waals surface area (Å²) >= 11 is 3.39. The van der Waals surface area contributed by atoms with Crippen LogP contribution in [-0.2, 0) is 4.79 Å². The Morgan fingerprint density at radius 3 is 2.19 bits per heavy atom. The van der Waals surface area contributed by atoms with E-state index in [1.54, 1.807) is 4.90 Å². The molecule has 1 rings (SSSR count). The molecule has 0 heterocycles. The Hall–Kier alpha value is -1.60. The highest BCUT2D eigenvalue weighted by atomic mass is 79.9. The van der Waals surface area contributed by atoms with Crippen molar-refractivity contribution in [3.8, 4) is 11.8 Å². The van der Waals surface area contributed by atoms with Gasteiger partial charge in [-0.05, 0) is 57.9 Å². The van der Waals surface area contributed by atoms with E-state index in [0.717, 1.165) is 10.0 Å². The summed E-state index contributed by atoms with van der Waals surface area (Å²) in [6.45, 7) is 9.40. The lowest BCUT2D eigenvalue weighted by atomic mass is 10.2. The van der Waals surface area contributed by atoms with Crippen molar-refractivity contribution in [2.45, 2.75) is 46.7 Å². The Balaban J connectivity index is 3.16. The fourth-order valence-corrected chi connectivity index (χ4v) is 2.08. The van der Waals surface area contributed by atoms with Crippen LogP contribution < -0.4 is 0 Å². The maximum absolute atomic E-state index is 11.8. The summed E-state index contributed by atoms with van der Waals surface area (Å²) in [5, 5.41) is 0. The maximum atomic E-state index is 11.8. The van der Waals surface area contributed by atoms with Crippen LogP contribution in [0, 0.1) is 11.8 Å². The zero-order valence-electron chi connectivity index (χ0n) is 13.1. The molecule has 0 aliphatic rings. The number of nitrogens with zero attached hydrogens (tertiary/aromatic N) is 2. The molecule has 0 radical (unpaired) electrons. The Morgan fingerprint density at radius 2 is 1.76 bits per heavy atom. The minimum Gasteiger partial charge on any atom is -0.288 e. The van der Waals surface area contributed by atoms with Gasteiger partial charge in [-0.15, -0.1) is 0 Å². The summed E-state index contributed by atoms with van der Waals surface area (Å²) in [6.07, 6.45) is 0. The number of carbonyl (C=O) groups excluding carboxylic acids is 1. The molecule has 0 saturated carbocycles. The van der Waals surface area contributed by atoms with Gasteiger partial charge in [0.15, 0.2) is 5.84 Å². The summed E-state index contributed by atoms with van der Waals surface area (Å²) in [4.78, 5) is 18.0. The average Bonchev–Trinajstić information content (AvgIpc) is 2.36. The van der Waals surface area contributed by atoms with Gasteiger partial charge in [0.2, 0.25) is 5.91 Å². The number of rotatable bonds is 2. The van der Waals surface area contributed by atoms with Crippen LogP contribution in [0.3, 0.4) is 0 Å². The number of amidine groups is 1. The van der Waals surface area contributed by atoms with E-state index in [-0.39, 0.29) is 18.0 Å². The average molecular weight is 349 g/mol. The quantitative estimate of drug-likeness (QED) is 0.453. The van der Waals surface area contributed by atoms with Gasteiger partial charge < -0.3 is 0 Å². The van der Waals surface area contributed by atoms with Crippen molar-refractivity contribution in [3.05, 3.63) is 34.3 Å². The van der Waals surface area contributed by atoms with E-state index in [1.807, 2.05) is 52.0 Å². The largest absolute Gasteiger partial charge is 0.288 e. The molecule has 0 bridgehead atoms. The highest BCUT2D eigenvalue weighted by Crippen LogP contribution is 2.10. The standard InChI is InChI=1S/C17H21BrN2O/c1-12(2)19-17(20(13(3)4)14(5)21)11-8-15-6-9-16(18)10-7-15/h6-7,9-10,12-13H,1-5H3. The van der Waals surface area contributed by atoms with Crippen molar-refractivity contribution in [3.63, 3.8) is 0 Å². The molecule has 1 aromatic carbocycles. The number of aliphatic imine (C=N–C) groups is 1. The predicted molar refractivity (Wildman–Crippen MR) is 91.2 cm³/mol. The molecular weight excluding hydrogens is 328 g/mol. The van der Waals surface area contributed by atoms with Gasteiger partial charge in [-0.25, -0.2) is 0 Å². The Morgan fingerprint density at radius 1 is 1.19 bits per heavy atom. The molecule has 0 saturated heterocycles. The van der Waals surface area contributed by atoms with Gasteiger partial charge in [-0.2, -0.15) is 0 Å². The van der Waals surface area contributed by atoms with Gasteiger partial charge in [0.05, 0.1) is 0 Å². The summed E-state index contributed by atoms with van der Waals surface area (Å²) in [7, 11) is 0. The van der Waals surface area contributed by atoms with Crippen LogP contribution in [0.1, 0.15) is 40.2 Å². The minimum atomic E-state index is -0.0468. The van der Waals surface area contributed by atoms with E-state index in [1.165, 1.54) is 6.92 Å². The fraction of sp³-hybridized carbons (Fsp3) is 0.412. The fourth-order valence-electron chi connectivity index (χ4n) is 1.82. The molecule has 3 nitrogen and oxygen atoms in total. The van der Waals surface area contributed by atoms with E-state index in [0.29, 0.717) is 5.84 Å². The molecule has 0 aliphatic heterocycles. The maximum Gasteiger partial charge on any atom is 0.225 e. The van der Waals surface area contributed by atoms with Crippen LogP contribution in [0.2, 0.25) is 0 Å². The number of halogens is 1. The normalized spacial score (nSPS) is 11.3. The molecule has 0 N–H and O–H groups in total. The zero-order chi connectivity index (χ0) is 16.0. The number of benzene rings is 1. The molecule has 0 atom stereocenters. The van der Waals surface area contributed by atoms with Gasteiger partial charge in [0.1, 0.15) is 0 Å². The molecule has 0 spiro atoms. The Labute approximate surface area is 135 Å². The van der Waals surface area contributed by atoms with Gasteiger partial charge in [-0.1, -0.05) is 21.9 Å². The summed E-state index contributed by atoms with van der Waals surface area (Å²) in [6, 6.07) is 7.84. The molecule has 1 amide bonds. The van der Waals surface area contributed by atoms with E-state index < -0.39 is 0 Å². The first-order chi connectivity index (χ1) is 9.81. The summed E-state index contributed by atoms with van der Waals surface area (Å²) < 4.78 is 1.01. The smallest absolute Gasteiger partial charge is 0.225 e. The molecule has 0 aromatic heterocycles. The van der Waals surface area contributed by atoms with E-state index >= 15 is 0 Å². The first-order valence-corrected chi connectivity index (χ1v) is 7.75. The second-order valence-corrected chi connectivity index (χ2v) is 6.20. The Kier molecular flexibility index (Phi) is 6.64. The van der Waals surface area contributed by atoms with Crippen LogP contribution in [0.15, 0.2) is 33.7 Å². The topological polar surface area (TPSA) is 32.7 Å². The van der Waals surface area contributed by atoms with Gasteiger partial charge in [0, 0.05) is 29.0 Å². The summed E-state index contributed by atoms with van der Waals surface area (Å²) in [5.41, 5.74) is 0.891. The molecule has 0 aliphatic carbocycles. The second kappa shape index (κ2) is 7.99. The molecule has 0 unspecified atom stereocenters. The van der Waals surface area contributed by atoms with Crippen LogP contribution in [0.4, 0.5) is 0 Å². The molecule has 21 heavy (non-hydrogen) atoms. The lowest BCUT2D eigenvalue weighted by Crippen LogP contribution is -2.40. The van der Waals surface area contributed by atoms with Crippen LogP contribution in [-0.4, -0.2) is 28.7 Å². The van der Waals surface area contributed by atoms with E-state index in [9.17, 15) is 4.79 Å². The Bertz CT molecular complexity index is 577. The molecule has 4 heteroatoms. The lowest BCUT2D eigenvalue weighted by molar-refractivity contribution is -0.126. The summed E-state index contributed by atoms with van der Waals surface area (Å²) in [5.74, 6) is 6.59. The third kappa shape index (κ3) is 5.73. The number of hydrogen-bond acceptors (Lipinski definition) is 2. The zero-order valence-corrected chi connectivity index (χ0v) is 14.7. The number of hydrogen-bond donors (Lipinski definition) is 0. The monoisotopic (exact) mass is 348 g/mol. The van der Waals surface area contributed by atoms with Gasteiger partial charge in [-0.3, -0.25) is 14.7 Å². The first-order valence-electron chi connectivity index (χ1n) is 6.96.